The standard InChI is InChI=1S/C16H14N4O3S/c1-2-19-7-3-4-13(19)10-17-18-16(21)15-9-11-8-12(20(22)23)5-6-14(11)24-15/h3-10H,2H2,1H3,(H,18,21). The van der Waals surface area contributed by atoms with Crippen LogP contribution in [0.3, 0.4) is 0 Å². The number of amides is 1. The van der Waals surface area contributed by atoms with Crippen molar-refractivity contribution in [2.45, 2.75) is 13.5 Å². The summed E-state index contributed by atoms with van der Waals surface area (Å²) in [4.78, 5) is 23.0. The fourth-order valence-electron chi connectivity index (χ4n) is 2.30. The summed E-state index contributed by atoms with van der Waals surface area (Å²) in [5.74, 6) is -0.343. The van der Waals surface area contributed by atoms with Crippen molar-refractivity contribution in [2.75, 3.05) is 0 Å². The van der Waals surface area contributed by atoms with Gasteiger partial charge in [0.05, 0.1) is 21.7 Å². The number of nitro benzene ring substituents is 1. The Balaban J connectivity index is 1.75. The number of aromatic nitrogens is 1. The van der Waals surface area contributed by atoms with Gasteiger partial charge in [-0.1, -0.05) is 0 Å². The summed E-state index contributed by atoms with van der Waals surface area (Å²) in [6.45, 7) is 2.84. The minimum absolute atomic E-state index is 0.00519. The molecule has 7 nitrogen and oxygen atoms in total. The Morgan fingerprint density at radius 3 is 3.00 bits per heavy atom. The average Bonchev–Trinajstić information content (AvgIpc) is 3.19. The Labute approximate surface area is 141 Å². The molecular formula is C16H14N4O3S. The van der Waals surface area contributed by atoms with E-state index < -0.39 is 4.92 Å². The summed E-state index contributed by atoms with van der Waals surface area (Å²) in [7, 11) is 0. The maximum absolute atomic E-state index is 12.2. The molecule has 0 fully saturated rings. The topological polar surface area (TPSA) is 89.5 Å². The molecule has 0 aliphatic carbocycles. The van der Waals surface area contributed by atoms with Crippen molar-refractivity contribution in [3.8, 4) is 0 Å². The summed E-state index contributed by atoms with van der Waals surface area (Å²) < 4.78 is 2.81. The lowest BCUT2D eigenvalue weighted by molar-refractivity contribution is -0.384. The monoisotopic (exact) mass is 342 g/mol. The van der Waals surface area contributed by atoms with Gasteiger partial charge in [0.25, 0.3) is 11.6 Å². The molecule has 1 aromatic carbocycles. The van der Waals surface area contributed by atoms with Crippen molar-refractivity contribution < 1.29 is 9.72 Å². The highest BCUT2D eigenvalue weighted by Gasteiger charge is 2.12. The summed E-state index contributed by atoms with van der Waals surface area (Å²) in [5.41, 5.74) is 3.38. The first-order valence-electron chi connectivity index (χ1n) is 7.25. The molecule has 0 radical (unpaired) electrons. The van der Waals surface area contributed by atoms with Gasteiger partial charge in [-0.25, -0.2) is 5.43 Å². The van der Waals surface area contributed by atoms with Crippen LogP contribution in [0.25, 0.3) is 10.1 Å². The van der Waals surface area contributed by atoms with E-state index in [1.807, 2.05) is 29.8 Å². The minimum atomic E-state index is -0.454. The van der Waals surface area contributed by atoms with Crippen molar-refractivity contribution >= 4 is 39.2 Å². The molecule has 122 valence electrons. The normalized spacial score (nSPS) is 11.2. The van der Waals surface area contributed by atoms with E-state index in [2.05, 4.69) is 10.5 Å². The van der Waals surface area contributed by atoms with Gasteiger partial charge in [-0.05, 0) is 31.2 Å². The number of nitrogens with one attached hydrogen (secondary N) is 1. The second-order valence-electron chi connectivity index (χ2n) is 5.01. The van der Waals surface area contributed by atoms with E-state index in [9.17, 15) is 14.9 Å². The van der Waals surface area contributed by atoms with Crippen LogP contribution in [0.5, 0.6) is 0 Å². The average molecular weight is 342 g/mol. The van der Waals surface area contributed by atoms with E-state index >= 15 is 0 Å². The first-order valence-corrected chi connectivity index (χ1v) is 8.06. The molecule has 2 aromatic heterocycles. The fraction of sp³-hybridized carbons (Fsp3) is 0.125. The minimum Gasteiger partial charge on any atom is -0.347 e. The molecule has 24 heavy (non-hydrogen) atoms. The zero-order valence-electron chi connectivity index (χ0n) is 12.8. The van der Waals surface area contributed by atoms with Gasteiger partial charge in [-0.3, -0.25) is 14.9 Å². The molecule has 0 atom stereocenters. The summed E-state index contributed by atoms with van der Waals surface area (Å²) in [6, 6.07) is 9.97. The van der Waals surface area contributed by atoms with E-state index in [4.69, 9.17) is 0 Å². The van der Waals surface area contributed by atoms with E-state index in [-0.39, 0.29) is 11.6 Å². The quantitative estimate of drug-likeness (QED) is 0.438. The fourth-order valence-corrected chi connectivity index (χ4v) is 3.23. The largest absolute Gasteiger partial charge is 0.347 e. The van der Waals surface area contributed by atoms with Gasteiger partial charge in [-0.2, -0.15) is 5.10 Å². The first-order chi connectivity index (χ1) is 11.6. The van der Waals surface area contributed by atoms with Gasteiger partial charge in [-0.15, -0.1) is 11.3 Å². The number of thiophene rings is 1. The molecule has 2 heterocycles. The molecule has 0 saturated heterocycles. The molecule has 1 amide bonds. The number of hydrazone groups is 1. The Kier molecular flexibility index (Phi) is 4.39. The summed E-state index contributed by atoms with van der Waals surface area (Å²) in [5, 5.41) is 15.4. The lowest BCUT2D eigenvalue weighted by atomic mass is 10.2. The van der Waals surface area contributed by atoms with Crippen LogP contribution in [-0.4, -0.2) is 21.6 Å². The highest BCUT2D eigenvalue weighted by Crippen LogP contribution is 2.28. The number of nitro groups is 1. The second-order valence-corrected chi connectivity index (χ2v) is 6.09. The Morgan fingerprint density at radius 1 is 1.42 bits per heavy atom. The third kappa shape index (κ3) is 3.18. The number of non-ortho nitro benzene ring substituents is 1. The number of aryl methyl sites for hydroxylation is 1. The third-order valence-corrected chi connectivity index (χ3v) is 4.62. The molecule has 3 rings (SSSR count). The van der Waals surface area contributed by atoms with E-state index in [1.165, 1.54) is 23.5 Å². The van der Waals surface area contributed by atoms with Crippen LogP contribution in [-0.2, 0) is 6.54 Å². The zero-order chi connectivity index (χ0) is 17.1. The van der Waals surface area contributed by atoms with Crippen LogP contribution >= 0.6 is 11.3 Å². The summed E-state index contributed by atoms with van der Waals surface area (Å²) in [6.07, 6.45) is 3.52. The number of nitrogens with zero attached hydrogens (tertiary/aromatic N) is 3. The van der Waals surface area contributed by atoms with Crippen molar-refractivity contribution in [1.82, 2.24) is 9.99 Å². The number of benzene rings is 1. The molecule has 0 aliphatic rings. The number of hydrogen-bond donors (Lipinski definition) is 1. The first kappa shape index (κ1) is 15.9. The van der Waals surface area contributed by atoms with Gasteiger partial charge < -0.3 is 4.57 Å². The number of hydrogen-bond acceptors (Lipinski definition) is 5. The smallest absolute Gasteiger partial charge is 0.281 e. The van der Waals surface area contributed by atoms with Crippen LogP contribution in [0.15, 0.2) is 47.7 Å². The number of rotatable bonds is 5. The Hall–Kier alpha value is -3.00. The lowest BCUT2D eigenvalue weighted by Gasteiger charge is -2.00. The van der Waals surface area contributed by atoms with Crippen molar-refractivity contribution in [3.05, 3.63) is 63.3 Å². The third-order valence-electron chi connectivity index (χ3n) is 3.50. The van der Waals surface area contributed by atoms with Crippen molar-refractivity contribution in [1.29, 1.82) is 0 Å². The van der Waals surface area contributed by atoms with Gasteiger partial charge in [0, 0.05) is 35.0 Å². The van der Waals surface area contributed by atoms with Crippen molar-refractivity contribution in [3.63, 3.8) is 0 Å². The number of carbonyl (C=O) groups excluding carboxylic acids is 1. The van der Waals surface area contributed by atoms with Gasteiger partial charge in [0.15, 0.2) is 0 Å². The van der Waals surface area contributed by atoms with Crippen LogP contribution in [0.2, 0.25) is 0 Å². The Morgan fingerprint density at radius 2 is 2.25 bits per heavy atom. The Bertz CT molecular complexity index is 942. The number of fused-ring (bicyclic) bond motifs is 1. The zero-order valence-corrected chi connectivity index (χ0v) is 13.6. The molecule has 3 aromatic rings. The molecule has 0 bridgehead atoms. The molecule has 8 heteroatoms. The van der Waals surface area contributed by atoms with Gasteiger partial charge in [0.2, 0.25) is 0 Å². The van der Waals surface area contributed by atoms with Crippen LogP contribution in [0, 0.1) is 10.1 Å². The highest BCUT2D eigenvalue weighted by molar-refractivity contribution is 7.20. The lowest BCUT2D eigenvalue weighted by Crippen LogP contribution is -2.16. The van der Waals surface area contributed by atoms with Gasteiger partial charge >= 0.3 is 0 Å². The molecule has 0 saturated carbocycles. The predicted octanol–water partition coefficient (Wildman–Crippen LogP) is 3.39. The summed E-state index contributed by atoms with van der Waals surface area (Å²) >= 11 is 1.27. The predicted molar refractivity (Wildman–Crippen MR) is 93.6 cm³/mol. The molecule has 0 aliphatic heterocycles. The van der Waals surface area contributed by atoms with E-state index in [0.717, 1.165) is 16.9 Å². The van der Waals surface area contributed by atoms with E-state index in [1.54, 1.807) is 18.3 Å². The van der Waals surface area contributed by atoms with Crippen LogP contribution in [0.4, 0.5) is 5.69 Å². The SMILES string of the molecule is CCn1cccc1C=NNC(=O)c1cc2cc([N+](=O)[O-])ccc2s1. The van der Waals surface area contributed by atoms with Crippen LogP contribution in [0.1, 0.15) is 22.3 Å². The molecule has 0 unspecified atom stereocenters. The maximum Gasteiger partial charge on any atom is 0.281 e. The van der Waals surface area contributed by atoms with Crippen molar-refractivity contribution in [2.24, 2.45) is 5.10 Å². The van der Waals surface area contributed by atoms with Crippen LogP contribution < -0.4 is 5.43 Å². The number of carbonyl (C=O) groups is 1. The van der Waals surface area contributed by atoms with Gasteiger partial charge in [0.1, 0.15) is 0 Å². The maximum atomic E-state index is 12.2. The molecular weight excluding hydrogens is 328 g/mol. The molecule has 1 N–H and O–H groups in total. The highest BCUT2D eigenvalue weighted by atomic mass is 32.1. The van der Waals surface area contributed by atoms with E-state index in [0.29, 0.717) is 10.3 Å². The molecule has 0 spiro atoms. The second kappa shape index (κ2) is 6.63.